The van der Waals surface area contributed by atoms with Gasteiger partial charge in [0.15, 0.2) is 11.5 Å². The van der Waals surface area contributed by atoms with Gasteiger partial charge in [0, 0.05) is 11.4 Å². The van der Waals surface area contributed by atoms with Crippen LogP contribution in [0.2, 0.25) is 0 Å². The number of hydrogen-bond donors (Lipinski definition) is 1. The van der Waals surface area contributed by atoms with E-state index in [2.05, 4.69) is 54.9 Å². The van der Waals surface area contributed by atoms with Crippen molar-refractivity contribution in [1.82, 2.24) is 5.32 Å². The van der Waals surface area contributed by atoms with E-state index in [4.69, 9.17) is 9.47 Å². The number of thiophene rings is 1. The predicted octanol–water partition coefficient (Wildman–Crippen LogP) is 5.18. The van der Waals surface area contributed by atoms with Crippen LogP contribution < -0.4 is 14.8 Å². The number of rotatable bonds is 9. The van der Waals surface area contributed by atoms with Crippen molar-refractivity contribution in [3.05, 3.63) is 46.2 Å². The van der Waals surface area contributed by atoms with Crippen LogP contribution in [0.4, 0.5) is 0 Å². The Hall–Kier alpha value is -1.52. The summed E-state index contributed by atoms with van der Waals surface area (Å²) >= 11 is 1.81. The van der Waals surface area contributed by atoms with Gasteiger partial charge in [0.25, 0.3) is 0 Å². The maximum absolute atomic E-state index is 5.55. The molecular weight excluding hydrogens is 318 g/mol. The standard InChI is InChI=1S/C20H27NO2S/c1-15(2)5-6-16(9-10-21-13-18-4-3-11-24-18)17-7-8-19-20(12-17)23-14-22-19/h3-4,7-8,11-12,15-16,21H,5-6,9-10,13-14H2,1-2H3/t16-/m0/s1. The molecule has 0 spiro atoms. The van der Waals surface area contributed by atoms with Crippen LogP contribution in [-0.4, -0.2) is 13.3 Å². The van der Waals surface area contributed by atoms with Crippen molar-refractivity contribution in [3.8, 4) is 11.5 Å². The van der Waals surface area contributed by atoms with Gasteiger partial charge in [-0.05, 0) is 60.4 Å². The number of nitrogens with one attached hydrogen (secondary N) is 1. The van der Waals surface area contributed by atoms with E-state index in [1.807, 2.05) is 11.3 Å². The Morgan fingerprint density at radius 2 is 1.96 bits per heavy atom. The molecule has 0 radical (unpaired) electrons. The Balaban J connectivity index is 1.57. The zero-order valence-corrected chi connectivity index (χ0v) is 15.4. The third kappa shape index (κ3) is 4.74. The summed E-state index contributed by atoms with van der Waals surface area (Å²) in [7, 11) is 0. The highest BCUT2D eigenvalue weighted by Gasteiger charge is 2.18. The fourth-order valence-electron chi connectivity index (χ4n) is 3.08. The fourth-order valence-corrected chi connectivity index (χ4v) is 3.75. The maximum Gasteiger partial charge on any atom is 0.231 e. The minimum atomic E-state index is 0.345. The quantitative estimate of drug-likeness (QED) is 0.636. The minimum absolute atomic E-state index is 0.345. The lowest BCUT2D eigenvalue weighted by Gasteiger charge is -2.19. The summed E-state index contributed by atoms with van der Waals surface area (Å²) in [4.78, 5) is 1.40. The first-order valence-electron chi connectivity index (χ1n) is 8.85. The smallest absolute Gasteiger partial charge is 0.231 e. The molecule has 0 bridgehead atoms. The topological polar surface area (TPSA) is 30.5 Å². The molecule has 2 heterocycles. The van der Waals surface area contributed by atoms with Crippen LogP contribution in [0, 0.1) is 5.92 Å². The van der Waals surface area contributed by atoms with E-state index < -0.39 is 0 Å². The van der Waals surface area contributed by atoms with Crippen LogP contribution in [0.5, 0.6) is 11.5 Å². The van der Waals surface area contributed by atoms with Gasteiger partial charge in [-0.2, -0.15) is 0 Å². The third-order valence-corrected chi connectivity index (χ3v) is 5.39. The highest BCUT2D eigenvalue weighted by molar-refractivity contribution is 7.09. The van der Waals surface area contributed by atoms with E-state index in [0.717, 1.165) is 36.9 Å². The maximum atomic E-state index is 5.55. The van der Waals surface area contributed by atoms with Crippen LogP contribution in [0.1, 0.15) is 49.5 Å². The van der Waals surface area contributed by atoms with E-state index in [9.17, 15) is 0 Å². The number of fused-ring (bicyclic) bond motifs is 1. The minimum Gasteiger partial charge on any atom is -0.454 e. The first-order chi connectivity index (χ1) is 11.7. The Morgan fingerprint density at radius 1 is 1.08 bits per heavy atom. The molecule has 3 nitrogen and oxygen atoms in total. The van der Waals surface area contributed by atoms with Crippen LogP contribution >= 0.6 is 11.3 Å². The Labute approximate surface area is 149 Å². The van der Waals surface area contributed by atoms with Crippen LogP contribution in [0.3, 0.4) is 0 Å². The van der Waals surface area contributed by atoms with Gasteiger partial charge in [-0.15, -0.1) is 11.3 Å². The molecule has 0 unspecified atom stereocenters. The first-order valence-corrected chi connectivity index (χ1v) is 9.73. The van der Waals surface area contributed by atoms with Gasteiger partial charge in [-0.3, -0.25) is 0 Å². The zero-order valence-electron chi connectivity index (χ0n) is 14.6. The van der Waals surface area contributed by atoms with Gasteiger partial charge in [0.2, 0.25) is 6.79 Å². The van der Waals surface area contributed by atoms with Gasteiger partial charge in [0.1, 0.15) is 0 Å². The average molecular weight is 346 g/mol. The van der Waals surface area contributed by atoms with E-state index in [-0.39, 0.29) is 0 Å². The molecular formula is C20H27NO2S. The Morgan fingerprint density at radius 3 is 2.75 bits per heavy atom. The normalized spacial score (nSPS) is 14.3. The van der Waals surface area contributed by atoms with E-state index in [1.54, 1.807) is 0 Å². The summed E-state index contributed by atoms with van der Waals surface area (Å²) in [5.74, 6) is 3.07. The summed E-state index contributed by atoms with van der Waals surface area (Å²) in [6.07, 6.45) is 3.62. The second-order valence-corrected chi connectivity index (χ2v) is 7.86. The predicted molar refractivity (Wildman–Crippen MR) is 100 cm³/mol. The summed E-state index contributed by atoms with van der Waals surface area (Å²) in [5.41, 5.74) is 1.37. The van der Waals surface area contributed by atoms with Crippen molar-refractivity contribution in [2.45, 2.75) is 45.6 Å². The molecule has 1 N–H and O–H groups in total. The van der Waals surface area contributed by atoms with Crippen LogP contribution in [0.25, 0.3) is 0 Å². The highest BCUT2D eigenvalue weighted by atomic mass is 32.1. The number of benzene rings is 1. The SMILES string of the molecule is CC(C)CC[C@@H](CCNCc1cccs1)c1ccc2c(c1)OCO2. The van der Waals surface area contributed by atoms with Crippen molar-refractivity contribution in [1.29, 1.82) is 0 Å². The van der Waals surface area contributed by atoms with Crippen molar-refractivity contribution < 1.29 is 9.47 Å². The van der Waals surface area contributed by atoms with Gasteiger partial charge in [-0.1, -0.05) is 32.4 Å². The average Bonchev–Trinajstić information content (AvgIpc) is 3.24. The van der Waals surface area contributed by atoms with E-state index in [0.29, 0.717) is 12.7 Å². The fraction of sp³-hybridized carbons (Fsp3) is 0.500. The third-order valence-electron chi connectivity index (χ3n) is 4.51. The first kappa shape index (κ1) is 17.3. The van der Waals surface area contributed by atoms with Crippen molar-refractivity contribution in [2.75, 3.05) is 13.3 Å². The summed E-state index contributed by atoms with van der Waals surface area (Å²) < 4.78 is 11.0. The molecule has 0 fully saturated rings. The van der Waals surface area contributed by atoms with Crippen molar-refractivity contribution >= 4 is 11.3 Å². The lowest BCUT2D eigenvalue weighted by Crippen LogP contribution is -2.17. The van der Waals surface area contributed by atoms with Crippen LogP contribution in [-0.2, 0) is 6.54 Å². The Kier molecular flexibility index (Phi) is 6.16. The molecule has 1 atom stereocenters. The van der Waals surface area contributed by atoms with E-state index in [1.165, 1.54) is 23.3 Å². The highest BCUT2D eigenvalue weighted by Crippen LogP contribution is 2.37. The molecule has 1 aliphatic rings. The monoisotopic (exact) mass is 345 g/mol. The number of hydrogen-bond acceptors (Lipinski definition) is 4. The summed E-state index contributed by atoms with van der Waals surface area (Å²) in [6, 6.07) is 10.7. The Bertz CT molecular complexity index is 625. The molecule has 1 aromatic heterocycles. The molecule has 24 heavy (non-hydrogen) atoms. The molecule has 0 saturated heterocycles. The second kappa shape index (κ2) is 8.54. The number of ether oxygens (including phenoxy) is 2. The molecule has 2 aromatic rings. The lowest BCUT2D eigenvalue weighted by molar-refractivity contribution is 0.174. The van der Waals surface area contributed by atoms with Crippen molar-refractivity contribution in [2.24, 2.45) is 5.92 Å². The molecule has 0 saturated carbocycles. The van der Waals surface area contributed by atoms with E-state index >= 15 is 0 Å². The molecule has 0 amide bonds. The molecule has 1 aromatic carbocycles. The lowest BCUT2D eigenvalue weighted by atomic mass is 9.88. The largest absolute Gasteiger partial charge is 0.454 e. The molecule has 4 heteroatoms. The van der Waals surface area contributed by atoms with Gasteiger partial charge in [0.05, 0.1) is 0 Å². The van der Waals surface area contributed by atoms with Gasteiger partial charge >= 0.3 is 0 Å². The summed E-state index contributed by atoms with van der Waals surface area (Å²) in [5, 5.41) is 5.72. The molecule has 0 aliphatic carbocycles. The van der Waals surface area contributed by atoms with Crippen molar-refractivity contribution in [3.63, 3.8) is 0 Å². The molecule has 3 rings (SSSR count). The van der Waals surface area contributed by atoms with Gasteiger partial charge < -0.3 is 14.8 Å². The molecule has 130 valence electrons. The molecule has 1 aliphatic heterocycles. The second-order valence-electron chi connectivity index (χ2n) is 6.83. The van der Waals surface area contributed by atoms with Gasteiger partial charge in [-0.25, -0.2) is 0 Å². The summed E-state index contributed by atoms with van der Waals surface area (Å²) in [6.45, 7) is 6.94. The zero-order chi connectivity index (χ0) is 16.8. The van der Waals surface area contributed by atoms with Crippen LogP contribution in [0.15, 0.2) is 35.7 Å².